The van der Waals surface area contributed by atoms with Crippen molar-refractivity contribution in [3.63, 3.8) is 0 Å². The molecule has 1 fully saturated rings. The van der Waals surface area contributed by atoms with E-state index in [1.54, 1.807) is 0 Å². The van der Waals surface area contributed by atoms with E-state index in [4.69, 9.17) is 0 Å². The largest absolute Gasteiger partial charge is 0.316 e. The van der Waals surface area contributed by atoms with Crippen LogP contribution in [0.15, 0.2) is 17.6 Å². The Morgan fingerprint density at radius 2 is 1.78 bits per heavy atom. The third-order valence-corrected chi connectivity index (χ3v) is 4.88. The summed E-state index contributed by atoms with van der Waals surface area (Å²) in [4.78, 5) is 8.84. The van der Waals surface area contributed by atoms with Gasteiger partial charge in [0.05, 0.1) is 0 Å². The molecule has 1 aromatic rings. The first kappa shape index (κ1) is 13.8. The van der Waals surface area contributed by atoms with Crippen LogP contribution in [-0.2, 0) is 0 Å². The lowest BCUT2D eigenvalue weighted by atomic mass is 9.96. The number of aromatic nitrogens is 2. The fourth-order valence-electron chi connectivity index (χ4n) is 2.50. The first-order valence-electron chi connectivity index (χ1n) is 6.92. The Morgan fingerprint density at radius 1 is 1.11 bits per heavy atom. The zero-order chi connectivity index (χ0) is 12.8. The summed E-state index contributed by atoms with van der Waals surface area (Å²) >= 11 is 1.84. The van der Waals surface area contributed by atoms with Crippen LogP contribution in [-0.4, -0.2) is 28.3 Å². The summed E-state index contributed by atoms with van der Waals surface area (Å²) in [5.41, 5.74) is 1.13. The second kappa shape index (κ2) is 7.10. The highest BCUT2D eigenvalue weighted by Crippen LogP contribution is 2.30. The van der Waals surface area contributed by atoms with Crippen LogP contribution < -0.4 is 5.32 Å². The van der Waals surface area contributed by atoms with Crippen molar-refractivity contribution in [3.05, 3.63) is 18.0 Å². The van der Waals surface area contributed by atoms with Gasteiger partial charge in [0.25, 0.3) is 0 Å². The molecule has 1 aliphatic carbocycles. The minimum Gasteiger partial charge on any atom is -0.316 e. The van der Waals surface area contributed by atoms with Gasteiger partial charge < -0.3 is 5.32 Å². The van der Waals surface area contributed by atoms with Crippen LogP contribution in [0.3, 0.4) is 0 Å². The lowest BCUT2D eigenvalue weighted by Gasteiger charge is -2.28. The van der Waals surface area contributed by atoms with E-state index >= 15 is 0 Å². The fourth-order valence-corrected chi connectivity index (χ4v) is 3.72. The molecule has 0 bridgehead atoms. The van der Waals surface area contributed by atoms with Crippen LogP contribution in [0.25, 0.3) is 0 Å². The van der Waals surface area contributed by atoms with Gasteiger partial charge in [-0.3, -0.25) is 0 Å². The molecule has 3 nitrogen and oxygen atoms in total. The van der Waals surface area contributed by atoms with E-state index < -0.39 is 0 Å². The minimum atomic E-state index is 0.597. The van der Waals surface area contributed by atoms with Crippen molar-refractivity contribution < 1.29 is 0 Å². The van der Waals surface area contributed by atoms with Gasteiger partial charge in [-0.1, -0.05) is 37.4 Å². The molecular formula is C14H23N3S. The van der Waals surface area contributed by atoms with Crippen molar-refractivity contribution in [1.29, 1.82) is 0 Å². The van der Waals surface area contributed by atoms with Crippen LogP contribution in [0.5, 0.6) is 0 Å². The molecule has 0 aromatic carbocycles. The van der Waals surface area contributed by atoms with Gasteiger partial charge in [-0.25, -0.2) is 9.97 Å². The lowest BCUT2D eigenvalue weighted by molar-refractivity contribution is 0.420. The number of rotatable bonds is 3. The van der Waals surface area contributed by atoms with Crippen LogP contribution in [0.1, 0.15) is 44.1 Å². The van der Waals surface area contributed by atoms with Crippen LogP contribution >= 0.6 is 11.8 Å². The van der Waals surface area contributed by atoms with Gasteiger partial charge in [0.1, 0.15) is 0 Å². The third-order valence-electron chi connectivity index (χ3n) is 3.59. The molecule has 0 spiro atoms. The number of aryl methyl sites for hydroxylation is 1. The maximum Gasteiger partial charge on any atom is 0.187 e. The zero-order valence-electron chi connectivity index (χ0n) is 11.4. The van der Waals surface area contributed by atoms with Gasteiger partial charge in [0, 0.05) is 23.7 Å². The predicted molar refractivity (Wildman–Crippen MR) is 77.0 cm³/mol. The number of nitrogens with one attached hydrogen (secondary N) is 1. The van der Waals surface area contributed by atoms with Gasteiger partial charge in [-0.05, 0) is 32.4 Å². The van der Waals surface area contributed by atoms with E-state index in [0.717, 1.165) is 10.7 Å². The van der Waals surface area contributed by atoms with E-state index in [1.807, 2.05) is 31.1 Å². The van der Waals surface area contributed by atoms with E-state index in [9.17, 15) is 0 Å². The Balaban J connectivity index is 2.00. The second-order valence-electron chi connectivity index (χ2n) is 5.09. The lowest BCUT2D eigenvalue weighted by Crippen LogP contribution is -2.36. The van der Waals surface area contributed by atoms with Crippen molar-refractivity contribution in [2.24, 2.45) is 0 Å². The summed E-state index contributed by atoms with van der Waals surface area (Å²) < 4.78 is 0. The van der Waals surface area contributed by atoms with Gasteiger partial charge in [0.15, 0.2) is 5.16 Å². The maximum absolute atomic E-state index is 4.42. The molecule has 2 atom stereocenters. The Morgan fingerprint density at radius 3 is 2.44 bits per heavy atom. The van der Waals surface area contributed by atoms with Crippen molar-refractivity contribution in [1.82, 2.24) is 15.3 Å². The summed E-state index contributed by atoms with van der Waals surface area (Å²) in [6.07, 6.45) is 11.8. The fraction of sp³-hybridized carbons (Fsp3) is 0.714. The SMILES string of the molecule is CNC1CCCCCCC1Sc1ncc(C)cn1. The third kappa shape index (κ3) is 3.95. The molecule has 2 rings (SSSR count). The molecule has 2 unspecified atom stereocenters. The summed E-state index contributed by atoms with van der Waals surface area (Å²) in [7, 11) is 2.08. The van der Waals surface area contributed by atoms with Gasteiger partial charge in [-0.2, -0.15) is 0 Å². The van der Waals surface area contributed by atoms with E-state index in [2.05, 4.69) is 22.3 Å². The molecule has 18 heavy (non-hydrogen) atoms. The number of hydrogen-bond acceptors (Lipinski definition) is 4. The summed E-state index contributed by atoms with van der Waals surface area (Å²) in [6, 6.07) is 0.597. The summed E-state index contributed by atoms with van der Waals surface area (Å²) in [5.74, 6) is 0. The maximum atomic E-state index is 4.42. The molecule has 1 N–H and O–H groups in total. The second-order valence-corrected chi connectivity index (χ2v) is 6.29. The molecule has 1 aliphatic rings. The highest BCUT2D eigenvalue weighted by Gasteiger charge is 2.23. The van der Waals surface area contributed by atoms with Crippen LogP contribution in [0.4, 0.5) is 0 Å². The van der Waals surface area contributed by atoms with Crippen molar-refractivity contribution in [2.75, 3.05) is 7.05 Å². The van der Waals surface area contributed by atoms with E-state index in [0.29, 0.717) is 11.3 Å². The zero-order valence-corrected chi connectivity index (χ0v) is 12.2. The molecule has 4 heteroatoms. The summed E-state index contributed by atoms with van der Waals surface area (Å²) in [5, 5.41) is 5.01. The average molecular weight is 265 g/mol. The average Bonchev–Trinajstić information content (AvgIpc) is 2.36. The first-order chi connectivity index (χ1) is 8.79. The Hall–Kier alpha value is -0.610. The molecule has 0 amide bonds. The van der Waals surface area contributed by atoms with Gasteiger partial charge in [0.2, 0.25) is 0 Å². The highest BCUT2D eigenvalue weighted by atomic mass is 32.2. The predicted octanol–water partition coefficient (Wildman–Crippen LogP) is 3.19. The Bertz CT molecular complexity index is 353. The van der Waals surface area contributed by atoms with Gasteiger partial charge in [-0.15, -0.1) is 0 Å². The van der Waals surface area contributed by atoms with Crippen LogP contribution in [0, 0.1) is 6.92 Å². The Kier molecular flexibility index (Phi) is 5.45. The quantitative estimate of drug-likeness (QED) is 0.852. The van der Waals surface area contributed by atoms with Crippen molar-refractivity contribution in [3.8, 4) is 0 Å². The number of nitrogens with zero attached hydrogens (tertiary/aromatic N) is 2. The molecule has 1 aromatic heterocycles. The topological polar surface area (TPSA) is 37.8 Å². The highest BCUT2D eigenvalue weighted by molar-refractivity contribution is 7.99. The van der Waals surface area contributed by atoms with Crippen LogP contribution in [0.2, 0.25) is 0 Å². The smallest absolute Gasteiger partial charge is 0.187 e. The Labute approximate surface area is 114 Å². The first-order valence-corrected chi connectivity index (χ1v) is 7.80. The van der Waals surface area contributed by atoms with E-state index in [1.165, 1.54) is 38.5 Å². The molecule has 100 valence electrons. The molecule has 0 saturated heterocycles. The van der Waals surface area contributed by atoms with Crippen molar-refractivity contribution in [2.45, 2.75) is 61.9 Å². The molecular weight excluding hydrogens is 242 g/mol. The summed E-state index contributed by atoms with van der Waals surface area (Å²) in [6.45, 7) is 2.03. The normalized spacial score (nSPS) is 25.4. The molecule has 0 radical (unpaired) electrons. The molecule has 1 heterocycles. The monoisotopic (exact) mass is 265 g/mol. The number of hydrogen-bond donors (Lipinski definition) is 1. The minimum absolute atomic E-state index is 0.597. The van der Waals surface area contributed by atoms with Crippen molar-refractivity contribution >= 4 is 11.8 Å². The van der Waals surface area contributed by atoms with E-state index in [-0.39, 0.29) is 0 Å². The molecule has 1 saturated carbocycles. The molecule has 0 aliphatic heterocycles. The standard InChI is InChI=1S/C14H23N3S/c1-11-9-16-14(17-10-11)18-13-8-6-4-3-5-7-12(13)15-2/h9-10,12-13,15H,3-8H2,1-2H3. The van der Waals surface area contributed by atoms with Gasteiger partial charge >= 0.3 is 0 Å². The number of thioether (sulfide) groups is 1.